The number of unbranched alkanes of at least 4 members (excludes halogenated alkanes) is 1. The highest BCUT2D eigenvalue weighted by Gasteiger charge is 2.30. The molecule has 4 atom stereocenters. The van der Waals surface area contributed by atoms with E-state index in [9.17, 15) is 37.3 Å². The van der Waals surface area contributed by atoms with Gasteiger partial charge in [0, 0.05) is 0 Å². The van der Waals surface area contributed by atoms with Gasteiger partial charge in [-0.05, 0) is 49.4 Å². The number of imide groups is 1. The molecule has 230 valence electrons. The van der Waals surface area contributed by atoms with Crippen LogP contribution in [-0.2, 0) is 42.1 Å². The van der Waals surface area contributed by atoms with Crippen LogP contribution in [0.5, 0.6) is 5.75 Å². The largest absolute Gasteiger partial charge is 0.508 e. The third kappa shape index (κ3) is 11.9. The van der Waals surface area contributed by atoms with Crippen molar-refractivity contribution in [3.8, 4) is 5.75 Å². The lowest BCUT2D eigenvalue weighted by Crippen LogP contribution is -2.55. The number of phenolic OH excluding ortho intramolecular Hbond substituents is 1. The number of phenols is 1. The first-order chi connectivity index (χ1) is 19.8. The normalized spacial score (nSPS) is 14.2. The van der Waals surface area contributed by atoms with Crippen molar-refractivity contribution < 1.29 is 37.3 Å². The second-order valence-electron chi connectivity index (χ2n) is 9.89. The number of nitrogens with one attached hydrogen (secondary N) is 4. The Labute approximate surface area is 245 Å². The number of aromatic hydroxyl groups is 1. The van der Waals surface area contributed by atoms with E-state index in [0.717, 1.165) is 0 Å². The molecule has 14 heteroatoms. The van der Waals surface area contributed by atoms with Crippen LogP contribution in [0.1, 0.15) is 44.2 Å². The van der Waals surface area contributed by atoms with Crippen LogP contribution in [0.3, 0.4) is 0 Å². The fraction of sp³-hybridized carbons (Fsp3) is 0.429. The molecule has 0 aromatic heterocycles. The van der Waals surface area contributed by atoms with Crippen molar-refractivity contribution in [2.75, 3.05) is 6.54 Å². The quantitative estimate of drug-likeness (QED) is 0.128. The van der Waals surface area contributed by atoms with E-state index in [2.05, 4.69) is 21.3 Å². The fourth-order valence-corrected chi connectivity index (χ4v) is 4.76. The second-order valence-corrected chi connectivity index (χ2v) is 11.5. The van der Waals surface area contributed by atoms with E-state index >= 15 is 0 Å². The molecule has 13 nitrogen and oxygen atoms in total. The molecule has 0 heterocycles. The Balaban J connectivity index is 1.94. The summed E-state index contributed by atoms with van der Waals surface area (Å²) in [5, 5.41) is 17.5. The summed E-state index contributed by atoms with van der Waals surface area (Å²) in [6.45, 7) is 2.65. The molecule has 0 radical (unpaired) electrons. The van der Waals surface area contributed by atoms with Gasteiger partial charge in [-0.15, -0.1) is 0 Å². The predicted octanol–water partition coefficient (Wildman–Crippen LogP) is 0.131. The third-order valence-electron chi connectivity index (χ3n) is 6.33. The van der Waals surface area contributed by atoms with Crippen molar-refractivity contribution >= 4 is 33.7 Å². The summed E-state index contributed by atoms with van der Waals surface area (Å²) in [7, 11) is -4.54. The van der Waals surface area contributed by atoms with Gasteiger partial charge in [-0.1, -0.05) is 62.2 Å². The molecule has 0 saturated carbocycles. The van der Waals surface area contributed by atoms with Crippen molar-refractivity contribution in [3.05, 3.63) is 65.7 Å². The van der Waals surface area contributed by atoms with Gasteiger partial charge in [0.05, 0.1) is 18.6 Å². The van der Waals surface area contributed by atoms with Gasteiger partial charge >= 0.3 is 0 Å². The Morgan fingerprint density at radius 2 is 1.52 bits per heavy atom. The summed E-state index contributed by atoms with van der Waals surface area (Å²) in [6, 6.07) is 11.7. The summed E-state index contributed by atoms with van der Waals surface area (Å²) < 4.78 is 33.5. The SMILES string of the molecule is CCCC[C@H](N[C@@H](Cc1ccccc1)C(=O)NC(=O)CNC(=O)[C@@H](C)NC(=O)[C@@H](N)Cc1ccc(O)cc1)S(=O)(=O)O. The molecule has 0 aliphatic heterocycles. The molecule has 0 spiro atoms. The minimum absolute atomic E-state index is 0.0257. The van der Waals surface area contributed by atoms with Crippen LogP contribution in [0.15, 0.2) is 54.6 Å². The van der Waals surface area contributed by atoms with Crippen LogP contribution < -0.4 is 27.0 Å². The first-order valence-corrected chi connectivity index (χ1v) is 15.0. The number of benzene rings is 2. The maximum atomic E-state index is 13.0. The number of carbonyl (C=O) groups excluding carboxylic acids is 4. The first kappa shape index (κ1) is 34.4. The van der Waals surface area contributed by atoms with Crippen LogP contribution in [0.4, 0.5) is 0 Å². The monoisotopic (exact) mass is 605 g/mol. The maximum absolute atomic E-state index is 13.0. The molecule has 2 rings (SSSR count). The number of rotatable bonds is 16. The predicted molar refractivity (Wildman–Crippen MR) is 155 cm³/mol. The van der Waals surface area contributed by atoms with Gasteiger partial charge in [-0.3, -0.25) is 34.4 Å². The minimum Gasteiger partial charge on any atom is -0.508 e. The summed E-state index contributed by atoms with van der Waals surface area (Å²) in [4.78, 5) is 50.3. The minimum atomic E-state index is -4.54. The highest BCUT2D eigenvalue weighted by molar-refractivity contribution is 7.86. The van der Waals surface area contributed by atoms with E-state index in [0.29, 0.717) is 24.0 Å². The van der Waals surface area contributed by atoms with E-state index in [4.69, 9.17) is 5.73 Å². The zero-order chi connectivity index (χ0) is 31.3. The maximum Gasteiger partial charge on any atom is 0.281 e. The highest BCUT2D eigenvalue weighted by Crippen LogP contribution is 2.12. The summed E-state index contributed by atoms with van der Waals surface area (Å²) in [5.41, 5.74) is 7.31. The van der Waals surface area contributed by atoms with E-state index in [1.165, 1.54) is 19.1 Å². The molecule has 0 aliphatic carbocycles. The van der Waals surface area contributed by atoms with Crippen LogP contribution in [0.25, 0.3) is 0 Å². The van der Waals surface area contributed by atoms with Gasteiger partial charge in [-0.2, -0.15) is 8.42 Å². The van der Waals surface area contributed by atoms with Gasteiger partial charge in [0.25, 0.3) is 10.1 Å². The van der Waals surface area contributed by atoms with Crippen LogP contribution >= 0.6 is 0 Å². The zero-order valence-electron chi connectivity index (χ0n) is 23.6. The van der Waals surface area contributed by atoms with Gasteiger partial charge in [0.15, 0.2) is 0 Å². The Kier molecular flexibility index (Phi) is 13.5. The molecule has 0 fully saturated rings. The van der Waals surface area contributed by atoms with Crippen LogP contribution in [0, 0.1) is 0 Å². The number of nitrogens with two attached hydrogens (primary N) is 1. The molecular formula is C28H39N5O8S. The zero-order valence-corrected chi connectivity index (χ0v) is 24.4. The molecule has 0 bridgehead atoms. The van der Waals surface area contributed by atoms with Gasteiger partial charge in [0.2, 0.25) is 23.6 Å². The van der Waals surface area contributed by atoms with Gasteiger partial charge in [0.1, 0.15) is 17.2 Å². The van der Waals surface area contributed by atoms with Crippen molar-refractivity contribution in [2.24, 2.45) is 5.73 Å². The third-order valence-corrected chi connectivity index (χ3v) is 7.42. The fourth-order valence-electron chi connectivity index (χ4n) is 3.96. The van der Waals surface area contributed by atoms with Crippen molar-refractivity contribution in [2.45, 2.75) is 69.5 Å². The Hall–Kier alpha value is -3.85. The van der Waals surface area contributed by atoms with E-state index in [1.807, 2.05) is 6.92 Å². The van der Waals surface area contributed by atoms with Crippen molar-refractivity contribution in [1.82, 2.24) is 21.3 Å². The lowest BCUT2D eigenvalue weighted by Gasteiger charge is -2.23. The number of hydrogen-bond donors (Lipinski definition) is 7. The molecular weight excluding hydrogens is 566 g/mol. The first-order valence-electron chi connectivity index (χ1n) is 13.5. The lowest BCUT2D eigenvalue weighted by atomic mass is 10.0. The van der Waals surface area contributed by atoms with Crippen molar-refractivity contribution in [1.29, 1.82) is 0 Å². The van der Waals surface area contributed by atoms with E-state index in [1.54, 1.807) is 42.5 Å². The molecule has 0 unspecified atom stereocenters. The highest BCUT2D eigenvalue weighted by atomic mass is 32.2. The Morgan fingerprint density at radius 3 is 2.12 bits per heavy atom. The van der Waals surface area contributed by atoms with E-state index in [-0.39, 0.29) is 25.0 Å². The topological polar surface area (TPSA) is 217 Å². The Morgan fingerprint density at radius 1 is 0.905 bits per heavy atom. The summed E-state index contributed by atoms with van der Waals surface area (Å²) in [6.07, 6.45) is 1.38. The summed E-state index contributed by atoms with van der Waals surface area (Å²) >= 11 is 0. The average molecular weight is 606 g/mol. The number of hydrogen-bond acceptors (Lipinski definition) is 9. The van der Waals surface area contributed by atoms with Crippen LogP contribution in [0.2, 0.25) is 0 Å². The second kappa shape index (κ2) is 16.6. The Bertz CT molecular complexity index is 1310. The molecule has 42 heavy (non-hydrogen) atoms. The van der Waals surface area contributed by atoms with Crippen LogP contribution in [-0.4, -0.2) is 71.7 Å². The smallest absolute Gasteiger partial charge is 0.281 e. The molecule has 0 saturated heterocycles. The van der Waals surface area contributed by atoms with Crippen molar-refractivity contribution in [3.63, 3.8) is 0 Å². The average Bonchev–Trinajstić information content (AvgIpc) is 2.94. The lowest BCUT2D eigenvalue weighted by molar-refractivity contribution is -0.133. The molecule has 2 aromatic rings. The molecule has 2 aromatic carbocycles. The standard InChI is InChI=1S/C28H39N5O8S/c1-3-4-10-25(42(39,40)41)32-23(16-19-8-6-5-7-9-19)28(38)33-24(35)17-30-26(36)18(2)31-27(37)22(29)15-20-11-13-21(34)14-12-20/h5-9,11-14,18,22-23,25,32,34H,3-4,10,15-17,29H2,1-2H3,(H,30,36)(H,31,37)(H,33,35,38)(H,39,40,41)/t18-,22+,23+,25-/m1/s1. The molecule has 4 amide bonds. The van der Waals surface area contributed by atoms with Gasteiger partial charge in [-0.25, -0.2) is 0 Å². The summed E-state index contributed by atoms with van der Waals surface area (Å²) in [5.74, 6) is -2.94. The molecule has 8 N–H and O–H groups in total. The number of amides is 4. The number of carbonyl (C=O) groups is 4. The molecule has 0 aliphatic rings. The van der Waals surface area contributed by atoms with Gasteiger partial charge < -0.3 is 21.5 Å². The van der Waals surface area contributed by atoms with E-state index < -0.39 is 63.8 Å².